The van der Waals surface area contributed by atoms with Gasteiger partial charge in [0, 0.05) is 32.7 Å². The lowest BCUT2D eigenvalue weighted by atomic mass is 10.0. The summed E-state index contributed by atoms with van der Waals surface area (Å²) in [4.78, 5) is 2.47. The van der Waals surface area contributed by atoms with Gasteiger partial charge >= 0.3 is 0 Å². The maximum Gasteiger partial charge on any atom is 0.145 e. The van der Waals surface area contributed by atoms with E-state index in [1.165, 1.54) is 24.1 Å². The summed E-state index contributed by atoms with van der Waals surface area (Å²) in [6.07, 6.45) is 4.80. The molecular formula is C17H27N3O. The van der Waals surface area contributed by atoms with Crippen LogP contribution in [0.25, 0.3) is 0 Å². The largest absolute Gasteiger partial charge is 0.491 e. The van der Waals surface area contributed by atoms with E-state index in [-0.39, 0.29) is 0 Å². The van der Waals surface area contributed by atoms with Crippen LogP contribution in [0.3, 0.4) is 0 Å². The van der Waals surface area contributed by atoms with Crippen LogP contribution in [0.15, 0.2) is 18.2 Å². The number of hydrogen-bond donors (Lipinski definition) is 1. The van der Waals surface area contributed by atoms with Gasteiger partial charge in [0.25, 0.3) is 0 Å². The molecule has 116 valence electrons. The zero-order valence-electron chi connectivity index (χ0n) is 13.1. The topological polar surface area (TPSA) is 27.7 Å². The predicted molar refractivity (Wildman–Crippen MR) is 87.0 cm³/mol. The summed E-state index contributed by atoms with van der Waals surface area (Å²) in [6.45, 7) is 8.49. The van der Waals surface area contributed by atoms with Gasteiger partial charge in [-0.15, -0.1) is 0 Å². The van der Waals surface area contributed by atoms with Gasteiger partial charge < -0.3 is 9.64 Å². The second-order valence-corrected chi connectivity index (χ2v) is 5.95. The minimum Gasteiger partial charge on any atom is -0.491 e. The van der Waals surface area contributed by atoms with Crippen molar-refractivity contribution in [3.8, 4) is 5.75 Å². The molecular weight excluding hydrogens is 262 g/mol. The van der Waals surface area contributed by atoms with E-state index in [1.54, 1.807) is 0 Å². The van der Waals surface area contributed by atoms with Gasteiger partial charge in [0.1, 0.15) is 5.75 Å². The van der Waals surface area contributed by atoms with Crippen LogP contribution in [0.2, 0.25) is 0 Å². The molecule has 0 unspecified atom stereocenters. The number of hydrazine groups is 1. The van der Waals surface area contributed by atoms with Crippen molar-refractivity contribution in [2.45, 2.75) is 32.6 Å². The van der Waals surface area contributed by atoms with Gasteiger partial charge in [-0.2, -0.15) is 0 Å². The molecule has 2 aliphatic heterocycles. The fourth-order valence-electron chi connectivity index (χ4n) is 3.14. The molecule has 0 saturated carbocycles. The molecule has 0 radical (unpaired) electrons. The van der Waals surface area contributed by atoms with Crippen LogP contribution in [-0.4, -0.2) is 44.3 Å². The molecule has 1 N–H and O–H groups in total. The summed E-state index contributed by atoms with van der Waals surface area (Å²) in [7, 11) is 0. The van der Waals surface area contributed by atoms with Crippen LogP contribution in [-0.2, 0) is 6.42 Å². The number of piperazine rings is 1. The van der Waals surface area contributed by atoms with Gasteiger partial charge in [0.05, 0.1) is 12.3 Å². The Bertz CT molecular complexity index is 455. The molecule has 0 atom stereocenters. The fraction of sp³-hybridized carbons (Fsp3) is 0.647. The van der Waals surface area contributed by atoms with Gasteiger partial charge in [0.15, 0.2) is 0 Å². The van der Waals surface area contributed by atoms with Crippen LogP contribution >= 0.6 is 0 Å². The Labute approximate surface area is 128 Å². The third kappa shape index (κ3) is 3.50. The second kappa shape index (κ2) is 7.14. The Balaban J connectivity index is 1.59. The molecule has 2 aliphatic rings. The Morgan fingerprint density at radius 1 is 1.19 bits per heavy atom. The first kappa shape index (κ1) is 14.7. The highest BCUT2D eigenvalue weighted by atomic mass is 16.5. The lowest BCUT2D eigenvalue weighted by molar-refractivity contribution is 0.175. The van der Waals surface area contributed by atoms with Gasteiger partial charge in [-0.05, 0) is 30.9 Å². The molecule has 3 rings (SSSR count). The third-order valence-corrected chi connectivity index (χ3v) is 4.40. The van der Waals surface area contributed by atoms with Crippen LogP contribution in [0, 0.1) is 0 Å². The minimum absolute atomic E-state index is 0.864. The average molecular weight is 289 g/mol. The summed E-state index contributed by atoms with van der Waals surface area (Å²) < 4.78 is 5.94. The molecule has 1 fully saturated rings. The fourth-order valence-corrected chi connectivity index (χ4v) is 3.14. The monoisotopic (exact) mass is 289 g/mol. The first-order chi connectivity index (χ1) is 10.4. The van der Waals surface area contributed by atoms with Gasteiger partial charge in [-0.25, -0.2) is 5.01 Å². The molecule has 2 heterocycles. The molecule has 0 bridgehead atoms. The highest BCUT2D eigenvalue weighted by Gasteiger charge is 2.22. The number of hydrogen-bond acceptors (Lipinski definition) is 4. The molecule has 1 saturated heterocycles. The van der Waals surface area contributed by atoms with Crippen LogP contribution < -0.4 is 15.1 Å². The maximum absolute atomic E-state index is 5.94. The number of fused-ring (bicyclic) bond motifs is 1. The van der Waals surface area contributed by atoms with E-state index >= 15 is 0 Å². The number of nitrogens with zero attached hydrogens (tertiary/aromatic N) is 2. The number of rotatable bonds is 5. The van der Waals surface area contributed by atoms with Crippen molar-refractivity contribution in [2.75, 3.05) is 44.2 Å². The Hall–Kier alpha value is -1.26. The summed E-state index contributed by atoms with van der Waals surface area (Å²) in [5.41, 5.74) is 6.20. The molecule has 0 spiro atoms. The maximum atomic E-state index is 5.94. The number of ether oxygens (including phenoxy) is 1. The first-order valence-corrected chi connectivity index (χ1v) is 8.36. The number of aryl methyl sites for hydroxylation is 1. The number of benzene rings is 1. The second-order valence-electron chi connectivity index (χ2n) is 5.95. The zero-order valence-corrected chi connectivity index (χ0v) is 13.1. The normalized spacial score (nSPS) is 19.2. The van der Waals surface area contributed by atoms with E-state index in [0.29, 0.717) is 0 Å². The summed E-state index contributed by atoms with van der Waals surface area (Å²) in [5.74, 6) is 1.14. The highest BCUT2D eigenvalue weighted by molar-refractivity contribution is 5.62. The van der Waals surface area contributed by atoms with Crippen LogP contribution in [0.5, 0.6) is 5.75 Å². The van der Waals surface area contributed by atoms with Gasteiger partial charge in [-0.1, -0.05) is 25.5 Å². The Morgan fingerprint density at radius 3 is 2.86 bits per heavy atom. The molecule has 0 aromatic heterocycles. The minimum atomic E-state index is 0.864. The molecule has 21 heavy (non-hydrogen) atoms. The zero-order chi connectivity index (χ0) is 14.5. The molecule has 4 heteroatoms. The molecule has 0 amide bonds. The average Bonchev–Trinajstić information content (AvgIpc) is 2.55. The Morgan fingerprint density at radius 2 is 2.05 bits per heavy atom. The molecule has 4 nitrogen and oxygen atoms in total. The van der Waals surface area contributed by atoms with E-state index in [2.05, 4.69) is 40.5 Å². The lowest BCUT2D eigenvalue weighted by Gasteiger charge is -2.37. The number of unbranched alkanes of at least 4 members (excludes halogenated alkanes) is 1. The van der Waals surface area contributed by atoms with Crippen molar-refractivity contribution >= 4 is 5.69 Å². The summed E-state index contributed by atoms with van der Waals surface area (Å²) >= 11 is 0. The first-order valence-electron chi connectivity index (χ1n) is 8.36. The van der Waals surface area contributed by atoms with Crippen molar-refractivity contribution in [2.24, 2.45) is 0 Å². The smallest absolute Gasteiger partial charge is 0.145 e. The lowest BCUT2D eigenvalue weighted by Crippen LogP contribution is -2.52. The predicted octanol–water partition coefficient (Wildman–Crippen LogP) is 2.44. The molecule has 0 aliphatic carbocycles. The van der Waals surface area contributed by atoms with E-state index in [1.807, 2.05) is 0 Å². The number of nitrogens with one attached hydrogen (secondary N) is 1. The van der Waals surface area contributed by atoms with E-state index in [0.717, 1.165) is 57.9 Å². The third-order valence-electron chi connectivity index (χ3n) is 4.40. The van der Waals surface area contributed by atoms with Crippen molar-refractivity contribution in [3.63, 3.8) is 0 Å². The van der Waals surface area contributed by atoms with E-state index in [9.17, 15) is 0 Å². The van der Waals surface area contributed by atoms with Gasteiger partial charge in [0.2, 0.25) is 0 Å². The van der Waals surface area contributed by atoms with Crippen molar-refractivity contribution in [1.29, 1.82) is 0 Å². The number of anilines is 1. The molecule has 1 aromatic carbocycles. The number of para-hydroxylation sites is 1. The van der Waals surface area contributed by atoms with Crippen LogP contribution in [0.1, 0.15) is 31.7 Å². The quantitative estimate of drug-likeness (QED) is 0.843. The Kier molecular flexibility index (Phi) is 4.99. The van der Waals surface area contributed by atoms with E-state index < -0.39 is 0 Å². The van der Waals surface area contributed by atoms with Crippen molar-refractivity contribution < 1.29 is 4.74 Å². The summed E-state index contributed by atoms with van der Waals surface area (Å²) in [6, 6.07) is 6.60. The standard InChI is InChI=1S/C17H27N3O/c1-2-3-9-18-20-12-10-19(11-13-20)16-8-4-6-15-7-5-14-21-17(15)16/h4,6,8,18H,2-3,5,7,9-14H2,1H3. The van der Waals surface area contributed by atoms with Crippen molar-refractivity contribution in [3.05, 3.63) is 23.8 Å². The molecule has 1 aromatic rings. The van der Waals surface area contributed by atoms with Crippen LogP contribution in [0.4, 0.5) is 5.69 Å². The van der Waals surface area contributed by atoms with Crippen molar-refractivity contribution in [1.82, 2.24) is 10.4 Å². The highest BCUT2D eigenvalue weighted by Crippen LogP contribution is 2.35. The summed E-state index contributed by atoms with van der Waals surface area (Å²) in [5, 5.41) is 2.36. The SMILES string of the molecule is CCCCNN1CCN(c2cccc3c2OCCC3)CC1. The van der Waals surface area contributed by atoms with Gasteiger partial charge in [-0.3, -0.25) is 5.43 Å². The van der Waals surface area contributed by atoms with E-state index in [4.69, 9.17) is 4.74 Å².